The molecule has 0 saturated carbocycles. The van der Waals surface area contributed by atoms with Crippen LogP contribution in [0.4, 0.5) is 0 Å². The summed E-state index contributed by atoms with van der Waals surface area (Å²) in [5.74, 6) is 0. The van der Waals surface area contributed by atoms with Crippen LogP contribution in [0.1, 0.15) is 52.4 Å². The van der Waals surface area contributed by atoms with Gasteiger partial charge in [-0.1, -0.05) is 33.1 Å². The highest BCUT2D eigenvalue weighted by atomic mass is 15.4. The Morgan fingerprint density at radius 1 is 1.27 bits per heavy atom. The normalized spacial score (nSPS) is 11.5. The van der Waals surface area contributed by atoms with Gasteiger partial charge in [-0.15, -0.1) is 0 Å². The van der Waals surface area contributed by atoms with Crippen LogP contribution in [0.25, 0.3) is 0 Å². The fraction of sp³-hybridized carbons (Fsp3) is 0.750. The lowest BCUT2D eigenvalue weighted by Crippen LogP contribution is -2.19. The number of hydrazone groups is 1. The van der Waals surface area contributed by atoms with E-state index in [-0.39, 0.29) is 0 Å². The molecule has 0 aliphatic rings. The van der Waals surface area contributed by atoms with Gasteiger partial charge in [0.2, 0.25) is 0 Å². The summed E-state index contributed by atoms with van der Waals surface area (Å²) in [5, 5.41) is 5.94. The summed E-state index contributed by atoms with van der Waals surface area (Å²) in [6.07, 6.45) is 8.62. The van der Waals surface area contributed by atoms with Crippen molar-refractivity contribution >= 4 is 6.72 Å². The summed E-state index contributed by atoms with van der Waals surface area (Å²) >= 11 is 0. The molecule has 0 aromatic heterocycles. The maximum Gasteiger partial charge on any atom is 0.0522 e. The van der Waals surface area contributed by atoms with E-state index >= 15 is 0 Å². The minimum absolute atomic E-state index is 0.926. The summed E-state index contributed by atoms with van der Waals surface area (Å²) in [6, 6.07) is 0. The SMILES string of the molecule is C=NN(CCCC)/C(=C\N)CCCCC. The van der Waals surface area contributed by atoms with Crippen LogP contribution in [0.3, 0.4) is 0 Å². The lowest BCUT2D eigenvalue weighted by atomic mass is 10.1. The molecule has 0 atom stereocenters. The lowest BCUT2D eigenvalue weighted by Gasteiger charge is -2.21. The quantitative estimate of drug-likeness (QED) is 0.362. The fourth-order valence-corrected chi connectivity index (χ4v) is 1.47. The second-order valence-corrected chi connectivity index (χ2v) is 3.73. The molecule has 0 aliphatic heterocycles. The van der Waals surface area contributed by atoms with E-state index in [1.807, 2.05) is 5.01 Å². The Balaban J connectivity index is 4.04. The Bertz CT molecular complexity index is 187. The van der Waals surface area contributed by atoms with Gasteiger partial charge in [-0.2, -0.15) is 5.10 Å². The maximum atomic E-state index is 5.61. The molecule has 0 aliphatic carbocycles. The first-order valence-corrected chi connectivity index (χ1v) is 5.95. The molecule has 0 aromatic carbocycles. The van der Waals surface area contributed by atoms with E-state index < -0.39 is 0 Å². The number of hydrogen-bond donors (Lipinski definition) is 1. The monoisotopic (exact) mass is 211 g/mol. The van der Waals surface area contributed by atoms with E-state index in [4.69, 9.17) is 5.73 Å². The molecule has 88 valence electrons. The van der Waals surface area contributed by atoms with Crippen LogP contribution in [0.5, 0.6) is 0 Å². The summed E-state index contributed by atoms with van der Waals surface area (Å²) in [6.45, 7) is 8.89. The van der Waals surface area contributed by atoms with Gasteiger partial charge in [0, 0.05) is 19.5 Å². The zero-order chi connectivity index (χ0) is 11.5. The largest absolute Gasteiger partial charge is 0.403 e. The van der Waals surface area contributed by atoms with Crippen molar-refractivity contribution in [1.29, 1.82) is 0 Å². The molecule has 0 fully saturated rings. The number of rotatable bonds is 9. The van der Waals surface area contributed by atoms with Crippen LogP contribution in [0.2, 0.25) is 0 Å². The predicted octanol–water partition coefficient (Wildman–Crippen LogP) is 3.08. The number of unbranched alkanes of at least 4 members (excludes halogenated alkanes) is 3. The van der Waals surface area contributed by atoms with Crippen molar-refractivity contribution in [2.24, 2.45) is 10.8 Å². The molecule has 0 saturated heterocycles. The van der Waals surface area contributed by atoms with Crippen molar-refractivity contribution in [2.45, 2.75) is 52.4 Å². The number of nitrogens with two attached hydrogens (primary N) is 1. The number of nitrogens with zero attached hydrogens (tertiary/aromatic N) is 2. The molecular weight excluding hydrogens is 186 g/mol. The van der Waals surface area contributed by atoms with E-state index in [0.717, 1.165) is 25.1 Å². The van der Waals surface area contributed by atoms with Crippen LogP contribution in [0.15, 0.2) is 17.0 Å². The molecule has 0 unspecified atom stereocenters. The first-order valence-electron chi connectivity index (χ1n) is 5.95. The first kappa shape index (κ1) is 14.0. The molecule has 0 radical (unpaired) electrons. The third-order valence-corrected chi connectivity index (χ3v) is 2.45. The van der Waals surface area contributed by atoms with E-state index in [2.05, 4.69) is 25.7 Å². The van der Waals surface area contributed by atoms with Gasteiger partial charge >= 0.3 is 0 Å². The molecule has 0 bridgehead atoms. The molecule has 0 aromatic rings. The van der Waals surface area contributed by atoms with Gasteiger partial charge in [-0.3, -0.25) is 5.01 Å². The Kier molecular flexibility index (Phi) is 8.93. The van der Waals surface area contributed by atoms with E-state index in [1.54, 1.807) is 6.20 Å². The van der Waals surface area contributed by atoms with E-state index in [9.17, 15) is 0 Å². The van der Waals surface area contributed by atoms with Crippen molar-refractivity contribution in [3.8, 4) is 0 Å². The summed E-state index contributed by atoms with van der Waals surface area (Å²) < 4.78 is 0. The van der Waals surface area contributed by atoms with Crippen molar-refractivity contribution in [3.63, 3.8) is 0 Å². The number of hydrogen-bond acceptors (Lipinski definition) is 3. The molecule has 3 heteroatoms. The first-order chi connectivity index (χ1) is 7.29. The highest BCUT2D eigenvalue weighted by molar-refractivity contribution is 5.23. The Morgan fingerprint density at radius 3 is 2.40 bits per heavy atom. The van der Waals surface area contributed by atoms with Crippen LogP contribution in [-0.4, -0.2) is 18.3 Å². The minimum Gasteiger partial charge on any atom is -0.403 e. The topological polar surface area (TPSA) is 41.6 Å². The zero-order valence-corrected chi connectivity index (χ0v) is 10.2. The molecular formula is C12H25N3. The van der Waals surface area contributed by atoms with E-state index in [1.165, 1.54) is 25.7 Å². The molecule has 3 nitrogen and oxygen atoms in total. The van der Waals surface area contributed by atoms with Crippen LogP contribution in [-0.2, 0) is 0 Å². The summed E-state index contributed by atoms with van der Waals surface area (Å²) in [5.41, 5.74) is 6.72. The minimum atomic E-state index is 0.926. The second kappa shape index (κ2) is 9.56. The lowest BCUT2D eigenvalue weighted by molar-refractivity contribution is 0.341. The third-order valence-electron chi connectivity index (χ3n) is 2.45. The van der Waals surface area contributed by atoms with Gasteiger partial charge in [0.05, 0.1) is 5.70 Å². The highest BCUT2D eigenvalue weighted by Crippen LogP contribution is 2.14. The second-order valence-electron chi connectivity index (χ2n) is 3.73. The highest BCUT2D eigenvalue weighted by Gasteiger charge is 2.05. The molecule has 0 spiro atoms. The van der Waals surface area contributed by atoms with Crippen LogP contribution >= 0.6 is 0 Å². The van der Waals surface area contributed by atoms with Crippen molar-refractivity contribution < 1.29 is 0 Å². The van der Waals surface area contributed by atoms with Crippen molar-refractivity contribution in [1.82, 2.24) is 5.01 Å². The molecule has 0 amide bonds. The van der Waals surface area contributed by atoms with Crippen molar-refractivity contribution in [2.75, 3.05) is 6.54 Å². The van der Waals surface area contributed by atoms with Gasteiger partial charge in [0.1, 0.15) is 0 Å². The molecule has 15 heavy (non-hydrogen) atoms. The third kappa shape index (κ3) is 6.15. The summed E-state index contributed by atoms with van der Waals surface area (Å²) in [4.78, 5) is 0. The van der Waals surface area contributed by atoms with Gasteiger partial charge in [-0.05, 0) is 19.3 Å². The average molecular weight is 211 g/mol. The maximum absolute atomic E-state index is 5.61. The molecule has 0 rings (SSSR count). The fourth-order valence-electron chi connectivity index (χ4n) is 1.47. The predicted molar refractivity (Wildman–Crippen MR) is 67.6 cm³/mol. The number of allylic oxidation sites excluding steroid dienone is 1. The zero-order valence-electron chi connectivity index (χ0n) is 10.2. The van der Waals surface area contributed by atoms with Gasteiger partial charge in [0.15, 0.2) is 0 Å². The Morgan fingerprint density at radius 2 is 1.93 bits per heavy atom. The van der Waals surface area contributed by atoms with Gasteiger partial charge in [-0.25, -0.2) is 0 Å². The smallest absolute Gasteiger partial charge is 0.0522 e. The standard InChI is InChI=1S/C12H25N3/c1-4-6-8-9-12(11-13)15(14-3)10-7-5-2/h11H,3-10,13H2,1-2H3/b12-11-. The van der Waals surface area contributed by atoms with Crippen LogP contribution in [0, 0.1) is 0 Å². The van der Waals surface area contributed by atoms with Crippen LogP contribution < -0.4 is 5.73 Å². The van der Waals surface area contributed by atoms with Gasteiger partial charge < -0.3 is 5.73 Å². The Labute approximate surface area is 94.0 Å². The summed E-state index contributed by atoms with van der Waals surface area (Å²) in [7, 11) is 0. The Hall–Kier alpha value is -0.990. The van der Waals surface area contributed by atoms with E-state index in [0.29, 0.717) is 0 Å². The average Bonchev–Trinajstić information content (AvgIpc) is 2.27. The van der Waals surface area contributed by atoms with Gasteiger partial charge in [0.25, 0.3) is 0 Å². The molecule has 0 heterocycles. The van der Waals surface area contributed by atoms with Crippen molar-refractivity contribution in [3.05, 3.63) is 11.9 Å². The molecule has 2 N–H and O–H groups in total.